The van der Waals surface area contributed by atoms with Crippen molar-refractivity contribution in [2.75, 3.05) is 7.11 Å². The van der Waals surface area contributed by atoms with Gasteiger partial charge in [-0.3, -0.25) is 0 Å². The molecule has 0 aromatic heterocycles. The Hall–Kier alpha value is -2.75. The zero-order valence-electron chi connectivity index (χ0n) is 21.1. The first-order valence-corrected chi connectivity index (χ1v) is 13.2. The van der Waals surface area contributed by atoms with Crippen LogP contribution in [-0.4, -0.2) is 23.5 Å². The third-order valence-electron chi connectivity index (χ3n) is 7.54. The molecule has 2 aromatic rings. The van der Waals surface area contributed by atoms with E-state index in [2.05, 4.69) is 54.3 Å². The molecule has 4 rings (SSSR count). The molecule has 1 fully saturated rings. The van der Waals surface area contributed by atoms with E-state index in [1.54, 1.807) is 7.11 Å². The number of aryl methyl sites for hydroxylation is 1. The fraction of sp³-hybridized carbons (Fsp3) is 0.500. The van der Waals surface area contributed by atoms with Crippen molar-refractivity contribution in [2.45, 2.75) is 89.6 Å². The number of hydrogen-bond donors (Lipinski definition) is 1. The van der Waals surface area contributed by atoms with Gasteiger partial charge in [-0.1, -0.05) is 88.3 Å². The minimum atomic E-state index is -0.0970. The average molecular weight is 460 g/mol. The van der Waals surface area contributed by atoms with Crippen molar-refractivity contribution >= 4 is 12.0 Å². The molecule has 4 nitrogen and oxygen atoms in total. The van der Waals surface area contributed by atoms with Crippen LogP contribution in [0.4, 0.5) is 0 Å². The lowest BCUT2D eigenvalue weighted by Gasteiger charge is -2.43. The Labute approximate surface area is 205 Å². The van der Waals surface area contributed by atoms with Crippen molar-refractivity contribution in [3.8, 4) is 5.75 Å². The molecule has 34 heavy (non-hydrogen) atoms. The summed E-state index contributed by atoms with van der Waals surface area (Å²) < 4.78 is 5.33. The molecule has 0 saturated heterocycles. The molecule has 1 aliphatic heterocycles. The number of guanidine groups is 1. The van der Waals surface area contributed by atoms with Crippen molar-refractivity contribution in [2.24, 2.45) is 10.7 Å². The molecule has 0 amide bonds. The minimum absolute atomic E-state index is 0.0970. The number of rotatable bonds is 10. The molecule has 4 heteroatoms. The van der Waals surface area contributed by atoms with Gasteiger partial charge in [-0.2, -0.15) is 0 Å². The highest BCUT2D eigenvalue weighted by Gasteiger charge is 2.46. The SMILES string of the molecule is CCCCCCCc1ccc(/C=C2\N=C(N)N(Cc3ccc(OC)cc3)C23CCCCC3)cc1. The largest absolute Gasteiger partial charge is 0.497 e. The van der Waals surface area contributed by atoms with Gasteiger partial charge in [0.2, 0.25) is 0 Å². The molecular formula is C30H41N3O. The first-order chi connectivity index (χ1) is 16.6. The van der Waals surface area contributed by atoms with E-state index in [-0.39, 0.29) is 5.54 Å². The van der Waals surface area contributed by atoms with Gasteiger partial charge in [0.25, 0.3) is 0 Å². The van der Waals surface area contributed by atoms with E-state index < -0.39 is 0 Å². The second-order valence-electron chi connectivity index (χ2n) is 9.93. The zero-order valence-corrected chi connectivity index (χ0v) is 21.1. The van der Waals surface area contributed by atoms with Crippen LogP contribution in [-0.2, 0) is 13.0 Å². The number of hydrogen-bond acceptors (Lipinski definition) is 4. The van der Waals surface area contributed by atoms with Crippen LogP contribution in [0.2, 0.25) is 0 Å². The van der Waals surface area contributed by atoms with E-state index in [9.17, 15) is 0 Å². The van der Waals surface area contributed by atoms with E-state index in [1.807, 2.05) is 12.1 Å². The van der Waals surface area contributed by atoms with Gasteiger partial charge < -0.3 is 15.4 Å². The Balaban J connectivity index is 1.50. The molecule has 0 bridgehead atoms. The van der Waals surface area contributed by atoms with Crippen molar-refractivity contribution in [3.63, 3.8) is 0 Å². The highest BCUT2D eigenvalue weighted by molar-refractivity contribution is 5.85. The summed E-state index contributed by atoms with van der Waals surface area (Å²) in [6, 6.07) is 17.4. The van der Waals surface area contributed by atoms with E-state index in [1.165, 1.54) is 74.5 Å². The molecular weight excluding hydrogens is 418 g/mol. The van der Waals surface area contributed by atoms with Crippen LogP contribution in [0.25, 0.3) is 6.08 Å². The van der Waals surface area contributed by atoms with Crippen molar-refractivity contribution in [1.29, 1.82) is 0 Å². The standard InChI is InChI=1S/C30H41N3O/c1-3-4-5-6-8-11-24-12-14-25(15-13-24)22-28-30(20-9-7-10-21-30)33(29(31)32-28)23-26-16-18-27(34-2)19-17-26/h12-19,22H,3-11,20-21,23H2,1-2H3,(H2,31,32)/b28-22-. The molecule has 2 aliphatic rings. The van der Waals surface area contributed by atoms with Gasteiger partial charge in [-0.25, -0.2) is 4.99 Å². The number of unbranched alkanes of at least 4 members (excludes halogenated alkanes) is 4. The van der Waals surface area contributed by atoms with Crippen LogP contribution in [0, 0.1) is 0 Å². The summed E-state index contributed by atoms with van der Waals surface area (Å²) in [6.45, 7) is 3.04. The van der Waals surface area contributed by atoms with Gasteiger partial charge in [0.1, 0.15) is 5.75 Å². The number of nitrogens with zero attached hydrogens (tertiary/aromatic N) is 2. The van der Waals surface area contributed by atoms with Crippen molar-refractivity contribution < 1.29 is 4.74 Å². The summed E-state index contributed by atoms with van der Waals surface area (Å²) in [6.07, 6.45) is 16.0. The Morgan fingerprint density at radius 3 is 2.26 bits per heavy atom. The van der Waals surface area contributed by atoms with Gasteiger partial charge in [-0.05, 0) is 60.6 Å². The van der Waals surface area contributed by atoms with Crippen LogP contribution in [0.15, 0.2) is 59.2 Å². The first kappa shape index (κ1) is 24.4. The Morgan fingerprint density at radius 1 is 0.912 bits per heavy atom. The Morgan fingerprint density at radius 2 is 1.59 bits per heavy atom. The topological polar surface area (TPSA) is 50.8 Å². The van der Waals surface area contributed by atoms with E-state index in [4.69, 9.17) is 15.5 Å². The number of benzene rings is 2. The Kier molecular flexibility index (Phi) is 8.31. The van der Waals surface area contributed by atoms with Gasteiger partial charge in [-0.15, -0.1) is 0 Å². The summed E-state index contributed by atoms with van der Waals surface area (Å²) in [5, 5.41) is 0. The number of aliphatic imine (C=N–C) groups is 1. The van der Waals surface area contributed by atoms with Crippen LogP contribution < -0.4 is 10.5 Å². The second-order valence-corrected chi connectivity index (χ2v) is 9.93. The van der Waals surface area contributed by atoms with Crippen LogP contribution >= 0.6 is 0 Å². The first-order valence-electron chi connectivity index (χ1n) is 13.2. The number of nitrogens with two attached hydrogens (primary N) is 1. The number of ether oxygens (including phenoxy) is 1. The van der Waals surface area contributed by atoms with E-state index in [0.29, 0.717) is 5.96 Å². The maximum Gasteiger partial charge on any atom is 0.197 e. The number of methoxy groups -OCH3 is 1. The maximum absolute atomic E-state index is 6.56. The van der Waals surface area contributed by atoms with E-state index in [0.717, 1.165) is 30.8 Å². The lowest BCUT2D eigenvalue weighted by atomic mass is 9.78. The van der Waals surface area contributed by atoms with Crippen LogP contribution in [0.5, 0.6) is 5.75 Å². The predicted molar refractivity (Wildman–Crippen MR) is 143 cm³/mol. The molecule has 1 saturated carbocycles. The van der Waals surface area contributed by atoms with Gasteiger partial charge in [0.05, 0.1) is 18.3 Å². The fourth-order valence-corrected chi connectivity index (χ4v) is 5.49. The summed E-state index contributed by atoms with van der Waals surface area (Å²) in [4.78, 5) is 7.28. The molecule has 2 N–H and O–H groups in total. The average Bonchev–Trinajstić information content (AvgIpc) is 3.10. The molecule has 0 unspecified atom stereocenters. The van der Waals surface area contributed by atoms with Gasteiger partial charge in [0.15, 0.2) is 5.96 Å². The van der Waals surface area contributed by atoms with Crippen LogP contribution in [0.3, 0.4) is 0 Å². The highest BCUT2D eigenvalue weighted by atomic mass is 16.5. The van der Waals surface area contributed by atoms with Crippen molar-refractivity contribution in [1.82, 2.24) is 4.90 Å². The third kappa shape index (κ3) is 5.65. The Bertz CT molecular complexity index is 969. The summed E-state index contributed by atoms with van der Waals surface area (Å²) >= 11 is 0. The molecule has 0 atom stereocenters. The minimum Gasteiger partial charge on any atom is -0.497 e. The fourth-order valence-electron chi connectivity index (χ4n) is 5.49. The smallest absolute Gasteiger partial charge is 0.197 e. The van der Waals surface area contributed by atoms with Crippen LogP contribution in [0.1, 0.15) is 87.8 Å². The predicted octanol–water partition coefficient (Wildman–Crippen LogP) is 7.08. The molecule has 1 spiro atoms. The van der Waals surface area contributed by atoms with Gasteiger partial charge in [0, 0.05) is 6.54 Å². The quantitative estimate of drug-likeness (QED) is 0.386. The van der Waals surface area contributed by atoms with Gasteiger partial charge >= 0.3 is 0 Å². The summed E-state index contributed by atoms with van der Waals surface area (Å²) in [5.74, 6) is 1.52. The van der Waals surface area contributed by atoms with Crippen molar-refractivity contribution in [3.05, 3.63) is 70.9 Å². The molecule has 0 radical (unpaired) electrons. The summed E-state index contributed by atoms with van der Waals surface area (Å²) in [5.41, 5.74) is 11.5. The lowest BCUT2D eigenvalue weighted by molar-refractivity contribution is 0.160. The molecule has 2 aromatic carbocycles. The molecule has 182 valence electrons. The third-order valence-corrected chi connectivity index (χ3v) is 7.54. The monoisotopic (exact) mass is 459 g/mol. The lowest BCUT2D eigenvalue weighted by Crippen LogP contribution is -2.51. The van der Waals surface area contributed by atoms with E-state index >= 15 is 0 Å². The second kappa shape index (κ2) is 11.6. The highest BCUT2D eigenvalue weighted by Crippen LogP contribution is 2.45. The molecule has 1 aliphatic carbocycles. The zero-order chi connectivity index (χ0) is 23.8. The molecule has 1 heterocycles. The summed E-state index contributed by atoms with van der Waals surface area (Å²) in [7, 11) is 1.70. The maximum atomic E-state index is 6.56. The normalized spacial score (nSPS) is 18.5.